The van der Waals surface area contributed by atoms with Crippen LogP contribution in [0, 0.1) is 0 Å². The van der Waals surface area contributed by atoms with Gasteiger partial charge in [-0.2, -0.15) is 0 Å². The summed E-state index contributed by atoms with van der Waals surface area (Å²) < 4.78 is 22.3. The van der Waals surface area contributed by atoms with Crippen molar-refractivity contribution in [2.45, 2.75) is 85.0 Å². The van der Waals surface area contributed by atoms with E-state index in [2.05, 4.69) is 39.4 Å². The summed E-state index contributed by atoms with van der Waals surface area (Å²) in [6.45, 7) is 17.1. The Morgan fingerprint density at radius 3 is 1.93 bits per heavy atom. The molecule has 0 amide bonds. The molecule has 1 heterocycles. The lowest BCUT2D eigenvalue weighted by atomic mass is 9.79. The normalized spacial score (nSPS) is 17.7. The number of hydrogen-bond acceptors (Lipinski definition) is 5. The van der Waals surface area contributed by atoms with Gasteiger partial charge in [-0.05, 0) is 72.5 Å². The molecule has 0 spiro atoms. The van der Waals surface area contributed by atoms with Gasteiger partial charge in [-0.1, -0.05) is 25.5 Å². The second-order valence-electron chi connectivity index (χ2n) is 8.69. The summed E-state index contributed by atoms with van der Waals surface area (Å²) in [7, 11) is -0.301. The summed E-state index contributed by atoms with van der Waals surface area (Å²) >= 11 is 0. The highest BCUT2D eigenvalue weighted by Crippen LogP contribution is 2.36. The van der Waals surface area contributed by atoms with E-state index in [1.54, 1.807) is 0 Å². The zero-order chi connectivity index (χ0) is 20.7. The second-order valence-corrected chi connectivity index (χ2v) is 8.69. The first-order valence-corrected chi connectivity index (χ1v) is 9.62. The highest BCUT2D eigenvalue weighted by Gasteiger charge is 2.51. The van der Waals surface area contributed by atoms with E-state index in [9.17, 15) is 4.79 Å². The van der Waals surface area contributed by atoms with E-state index >= 15 is 0 Å². The van der Waals surface area contributed by atoms with Gasteiger partial charge in [0.25, 0.3) is 6.47 Å². The Hall–Kier alpha value is -1.53. The van der Waals surface area contributed by atoms with Gasteiger partial charge in [0, 0.05) is 0 Å². The molecule has 0 aromatic heterocycles. The molecule has 1 saturated heterocycles. The number of rotatable bonds is 6. The van der Waals surface area contributed by atoms with Gasteiger partial charge in [0.2, 0.25) is 0 Å². The van der Waals surface area contributed by atoms with Crippen molar-refractivity contribution in [3.63, 3.8) is 0 Å². The predicted octanol–water partition coefficient (Wildman–Crippen LogP) is 4.12. The molecule has 0 N–H and O–H groups in total. The Kier molecular flexibility index (Phi) is 8.36. The highest BCUT2D eigenvalue weighted by molar-refractivity contribution is 6.62. The molecule has 1 fully saturated rings. The van der Waals surface area contributed by atoms with E-state index in [4.69, 9.17) is 14.0 Å². The van der Waals surface area contributed by atoms with E-state index in [0.29, 0.717) is 6.47 Å². The van der Waals surface area contributed by atoms with Crippen LogP contribution in [0.1, 0.15) is 68.2 Å². The van der Waals surface area contributed by atoms with Crippen molar-refractivity contribution in [3.05, 3.63) is 24.3 Å². The second kappa shape index (κ2) is 9.60. The van der Waals surface area contributed by atoms with E-state index in [1.165, 1.54) is 0 Å². The average molecular weight is 378 g/mol. The summed E-state index contributed by atoms with van der Waals surface area (Å²) in [6, 6.07) is 8.00. The Balaban J connectivity index is 0.000000445. The van der Waals surface area contributed by atoms with E-state index in [1.807, 2.05) is 45.0 Å². The first-order valence-electron chi connectivity index (χ1n) is 9.62. The van der Waals surface area contributed by atoms with Crippen LogP contribution < -0.4 is 10.2 Å². The topological polar surface area (TPSA) is 54.0 Å². The lowest BCUT2D eigenvalue weighted by Gasteiger charge is -2.32. The van der Waals surface area contributed by atoms with Gasteiger partial charge in [-0.25, -0.2) is 0 Å². The average Bonchev–Trinajstić information content (AvgIpc) is 2.76. The largest absolute Gasteiger partial charge is 0.494 e. The van der Waals surface area contributed by atoms with Crippen LogP contribution in [0.5, 0.6) is 5.75 Å². The zero-order valence-corrected chi connectivity index (χ0v) is 18.1. The number of benzene rings is 1. The van der Waals surface area contributed by atoms with Crippen LogP contribution in [0.25, 0.3) is 0 Å². The van der Waals surface area contributed by atoms with Crippen LogP contribution in [0.4, 0.5) is 0 Å². The molecule has 0 bridgehead atoms. The van der Waals surface area contributed by atoms with Crippen molar-refractivity contribution in [1.29, 1.82) is 0 Å². The van der Waals surface area contributed by atoms with Crippen molar-refractivity contribution in [2.75, 3.05) is 6.61 Å². The van der Waals surface area contributed by atoms with Crippen molar-refractivity contribution in [1.82, 2.24) is 0 Å². The monoisotopic (exact) mass is 378 g/mol. The molecule has 0 atom stereocenters. The Labute approximate surface area is 164 Å². The molecule has 0 radical (unpaired) electrons. The first kappa shape index (κ1) is 23.5. The third-order valence-electron chi connectivity index (χ3n) is 4.57. The molecule has 0 unspecified atom stereocenters. The number of carbonyl (C=O) groups excluding carboxylic acids is 1. The third kappa shape index (κ3) is 7.55. The molecular formula is C21H35BO5. The SMILES string of the molecule is CC(C)(C)OC=O.CCCCOc1ccc(B2OC(C)(C)C(C)(C)O2)cc1. The lowest BCUT2D eigenvalue weighted by Crippen LogP contribution is -2.41. The highest BCUT2D eigenvalue weighted by atomic mass is 16.7. The van der Waals surface area contributed by atoms with Crippen molar-refractivity contribution in [2.24, 2.45) is 0 Å². The summed E-state index contributed by atoms with van der Waals surface area (Å²) in [5, 5.41) is 0. The summed E-state index contributed by atoms with van der Waals surface area (Å²) in [5.41, 5.74) is 0.121. The minimum Gasteiger partial charge on any atom is -0.494 e. The number of ether oxygens (including phenoxy) is 2. The number of hydrogen-bond donors (Lipinski definition) is 0. The maximum Gasteiger partial charge on any atom is 0.494 e. The van der Waals surface area contributed by atoms with Gasteiger partial charge < -0.3 is 18.8 Å². The van der Waals surface area contributed by atoms with Crippen LogP contribution in [-0.2, 0) is 18.8 Å². The fourth-order valence-corrected chi connectivity index (χ4v) is 2.18. The number of unbranched alkanes of at least 4 members (excludes halogenated alkanes) is 1. The molecule has 0 saturated carbocycles. The summed E-state index contributed by atoms with van der Waals surface area (Å²) in [4.78, 5) is 9.60. The maximum absolute atomic E-state index is 9.60. The molecule has 1 aromatic carbocycles. The van der Waals surface area contributed by atoms with Crippen LogP contribution >= 0.6 is 0 Å². The maximum atomic E-state index is 9.60. The molecule has 2 rings (SSSR count). The van der Waals surface area contributed by atoms with Crippen LogP contribution in [0.3, 0.4) is 0 Å². The van der Waals surface area contributed by atoms with E-state index in [0.717, 1.165) is 30.7 Å². The van der Waals surface area contributed by atoms with Gasteiger partial charge in [0.05, 0.1) is 17.8 Å². The molecule has 152 valence electrons. The standard InChI is InChI=1S/C16H25BO3.C5H10O2/c1-6-7-12-18-14-10-8-13(9-11-14)17-19-15(2,3)16(4,5)20-17;1-5(2,3)7-4-6/h8-11H,6-7,12H2,1-5H3;4H,1-3H3. The number of carbonyl (C=O) groups is 1. The quantitative estimate of drug-likeness (QED) is 0.423. The van der Waals surface area contributed by atoms with Crippen molar-refractivity contribution in [3.8, 4) is 5.75 Å². The van der Waals surface area contributed by atoms with E-state index in [-0.39, 0.29) is 23.9 Å². The fraction of sp³-hybridized carbons (Fsp3) is 0.667. The van der Waals surface area contributed by atoms with Crippen molar-refractivity contribution >= 4 is 19.1 Å². The van der Waals surface area contributed by atoms with Gasteiger partial charge in [0.15, 0.2) is 0 Å². The fourth-order valence-electron chi connectivity index (χ4n) is 2.18. The van der Waals surface area contributed by atoms with Gasteiger partial charge in [-0.15, -0.1) is 0 Å². The van der Waals surface area contributed by atoms with Gasteiger partial charge in [0.1, 0.15) is 11.4 Å². The first-order chi connectivity index (χ1) is 12.4. The Bertz CT molecular complexity index is 559. The lowest BCUT2D eigenvalue weighted by molar-refractivity contribution is -0.138. The minimum atomic E-state index is -0.318. The molecule has 1 aliphatic heterocycles. The smallest absolute Gasteiger partial charge is 0.494 e. The Morgan fingerprint density at radius 2 is 1.56 bits per heavy atom. The van der Waals surface area contributed by atoms with E-state index < -0.39 is 0 Å². The Morgan fingerprint density at radius 1 is 1.04 bits per heavy atom. The summed E-state index contributed by atoms with van der Waals surface area (Å²) in [5.74, 6) is 0.902. The molecule has 5 nitrogen and oxygen atoms in total. The molecule has 0 aliphatic carbocycles. The van der Waals surface area contributed by atoms with Crippen molar-refractivity contribution < 1.29 is 23.6 Å². The molecule has 1 aromatic rings. The van der Waals surface area contributed by atoms with Crippen LogP contribution in [-0.4, -0.2) is 37.0 Å². The zero-order valence-electron chi connectivity index (χ0n) is 18.1. The van der Waals surface area contributed by atoms with Crippen LogP contribution in [0.15, 0.2) is 24.3 Å². The predicted molar refractivity (Wildman–Crippen MR) is 109 cm³/mol. The summed E-state index contributed by atoms with van der Waals surface area (Å²) in [6.07, 6.45) is 2.23. The molecule has 6 heteroatoms. The van der Waals surface area contributed by atoms with Gasteiger partial charge in [-0.3, -0.25) is 4.79 Å². The third-order valence-corrected chi connectivity index (χ3v) is 4.57. The minimum absolute atomic E-state index is 0.298. The van der Waals surface area contributed by atoms with Gasteiger partial charge >= 0.3 is 7.12 Å². The molecule has 27 heavy (non-hydrogen) atoms. The molecular weight excluding hydrogens is 343 g/mol. The van der Waals surface area contributed by atoms with Crippen LogP contribution in [0.2, 0.25) is 0 Å². The molecule has 1 aliphatic rings.